The summed E-state index contributed by atoms with van der Waals surface area (Å²) in [5.74, 6) is 0.0137. The average molecular weight is 228 g/mol. The zero-order chi connectivity index (χ0) is 12.4. The van der Waals surface area contributed by atoms with Crippen molar-refractivity contribution in [2.45, 2.75) is 58.9 Å². The molecule has 0 saturated carbocycles. The van der Waals surface area contributed by atoms with Crippen LogP contribution in [0.3, 0.4) is 0 Å². The fraction of sp³-hybridized carbons (Fsp3) is 0.750. The second-order valence-electron chi connectivity index (χ2n) is 5.66. The standard InChI is InChI=1S/C12H24O2Si/c1-9(2)11(13)10(3)14-15(7,8)12(4,5)6/h10H,1H2,2-8H3/t10-/m1/s1. The number of ketones is 1. The number of carbonyl (C=O) groups excluding carboxylic acids is 1. The summed E-state index contributed by atoms with van der Waals surface area (Å²) in [6.45, 7) is 18.0. The zero-order valence-electron chi connectivity index (χ0n) is 11.1. The highest BCUT2D eigenvalue weighted by molar-refractivity contribution is 6.74. The quantitative estimate of drug-likeness (QED) is 0.543. The number of carbonyl (C=O) groups is 1. The fourth-order valence-corrected chi connectivity index (χ4v) is 2.36. The first-order valence-electron chi connectivity index (χ1n) is 5.36. The molecule has 0 radical (unpaired) electrons. The molecule has 0 amide bonds. The van der Waals surface area contributed by atoms with E-state index in [2.05, 4.69) is 40.4 Å². The summed E-state index contributed by atoms with van der Waals surface area (Å²) in [6.07, 6.45) is -0.358. The van der Waals surface area contributed by atoms with Crippen LogP contribution >= 0.6 is 0 Å². The van der Waals surface area contributed by atoms with Crippen molar-refractivity contribution in [3.8, 4) is 0 Å². The van der Waals surface area contributed by atoms with Gasteiger partial charge in [0.25, 0.3) is 0 Å². The smallest absolute Gasteiger partial charge is 0.193 e. The minimum absolute atomic E-state index is 0.0137. The minimum Gasteiger partial charge on any atom is -0.407 e. The van der Waals surface area contributed by atoms with Crippen LogP contribution in [0.2, 0.25) is 18.1 Å². The Balaban J connectivity index is 4.61. The summed E-state index contributed by atoms with van der Waals surface area (Å²) in [6, 6.07) is 0. The summed E-state index contributed by atoms with van der Waals surface area (Å²) in [4.78, 5) is 11.6. The third-order valence-corrected chi connectivity index (χ3v) is 7.62. The van der Waals surface area contributed by atoms with Crippen molar-refractivity contribution < 1.29 is 9.22 Å². The van der Waals surface area contributed by atoms with Crippen LogP contribution in [0.4, 0.5) is 0 Å². The molecule has 15 heavy (non-hydrogen) atoms. The Kier molecular flexibility index (Phi) is 4.49. The molecule has 0 unspecified atom stereocenters. The highest BCUT2D eigenvalue weighted by atomic mass is 28.4. The van der Waals surface area contributed by atoms with E-state index in [1.807, 2.05) is 6.92 Å². The van der Waals surface area contributed by atoms with E-state index in [1.165, 1.54) is 0 Å². The predicted molar refractivity (Wildman–Crippen MR) is 67.6 cm³/mol. The summed E-state index contributed by atoms with van der Waals surface area (Å²) >= 11 is 0. The zero-order valence-corrected chi connectivity index (χ0v) is 12.1. The lowest BCUT2D eigenvalue weighted by molar-refractivity contribution is -0.121. The van der Waals surface area contributed by atoms with Gasteiger partial charge in [-0.1, -0.05) is 27.4 Å². The molecule has 0 fully saturated rings. The second kappa shape index (κ2) is 4.62. The van der Waals surface area contributed by atoms with Gasteiger partial charge in [0.2, 0.25) is 0 Å². The number of rotatable bonds is 4. The first kappa shape index (κ1) is 14.6. The van der Waals surface area contributed by atoms with Gasteiger partial charge in [0.05, 0.1) is 0 Å². The van der Waals surface area contributed by atoms with Gasteiger partial charge in [-0.15, -0.1) is 0 Å². The molecule has 0 aromatic heterocycles. The third kappa shape index (κ3) is 3.91. The summed E-state index contributed by atoms with van der Waals surface area (Å²) in [5, 5.41) is 0.136. The van der Waals surface area contributed by atoms with Crippen molar-refractivity contribution in [3.63, 3.8) is 0 Å². The van der Waals surface area contributed by atoms with Crippen LogP contribution in [0, 0.1) is 0 Å². The van der Waals surface area contributed by atoms with E-state index in [9.17, 15) is 4.79 Å². The predicted octanol–water partition coefficient (Wildman–Crippen LogP) is 3.54. The Morgan fingerprint density at radius 3 is 2.00 bits per heavy atom. The molecule has 0 heterocycles. The van der Waals surface area contributed by atoms with Gasteiger partial charge in [-0.3, -0.25) is 4.79 Å². The largest absolute Gasteiger partial charge is 0.407 e. The fourth-order valence-electron chi connectivity index (χ4n) is 1.02. The summed E-state index contributed by atoms with van der Waals surface area (Å²) in [7, 11) is -1.84. The molecule has 0 bridgehead atoms. The Bertz CT molecular complexity index is 261. The molecule has 0 aliphatic heterocycles. The molecule has 0 aromatic carbocycles. The lowest BCUT2D eigenvalue weighted by atomic mass is 10.1. The first-order chi connectivity index (χ1) is 6.49. The molecule has 0 aliphatic rings. The number of hydrogen-bond donors (Lipinski definition) is 0. The molecule has 0 N–H and O–H groups in total. The molecular formula is C12H24O2Si. The van der Waals surface area contributed by atoms with Crippen LogP contribution in [0.5, 0.6) is 0 Å². The van der Waals surface area contributed by atoms with Gasteiger partial charge in [0.15, 0.2) is 14.1 Å². The van der Waals surface area contributed by atoms with Gasteiger partial charge in [-0.05, 0) is 37.6 Å². The van der Waals surface area contributed by atoms with Crippen LogP contribution in [0.1, 0.15) is 34.6 Å². The molecule has 2 nitrogen and oxygen atoms in total. The highest BCUT2D eigenvalue weighted by Gasteiger charge is 2.39. The van der Waals surface area contributed by atoms with Gasteiger partial charge >= 0.3 is 0 Å². The van der Waals surface area contributed by atoms with Crippen molar-refractivity contribution >= 4 is 14.1 Å². The van der Waals surface area contributed by atoms with Crippen LogP contribution in [0.25, 0.3) is 0 Å². The van der Waals surface area contributed by atoms with Gasteiger partial charge in [-0.25, -0.2) is 0 Å². The minimum atomic E-state index is -1.84. The molecule has 0 aliphatic carbocycles. The third-order valence-electron chi connectivity index (χ3n) is 3.07. The maximum Gasteiger partial charge on any atom is 0.193 e. The van der Waals surface area contributed by atoms with Gasteiger partial charge < -0.3 is 4.43 Å². The van der Waals surface area contributed by atoms with E-state index in [1.54, 1.807) is 6.92 Å². The van der Waals surface area contributed by atoms with E-state index in [4.69, 9.17) is 4.43 Å². The van der Waals surface area contributed by atoms with Gasteiger partial charge in [0.1, 0.15) is 6.10 Å². The van der Waals surface area contributed by atoms with Gasteiger partial charge in [0, 0.05) is 0 Å². The number of Topliss-reactive ketones (excluding diaryl/α,β-unsaturated/α-hetero) is 1. The first-order valence-corrected chi connectivity index (χ1v) is 8.27. The normalized spacial score (nSPS) is 14.9. The second-order valence-corrected chi connectivity index (χ2v) is 10.4. The van der Waals surface area contributed by atoms with Gasteiger partial charge in [-0.2, -0.15) is 0 Å². The van der Waals surface area contributed by atoms with Crippen molar-refractivity contribution in [1.29, 1.82) is 0 Å². The van der Waals surface area contributed by atoms with Crippen molar-refractivity contribution in [3.05, 3.63) is 12.2 Å². The van der Waals surface area contributed by atoms with E-state index < -0.39 is 8.32 Å². The Labute approximate surface area is 94.8 Å². The number of hydrogen-bond acceptors (Lipinski definition) is 2. The highest BCUT2D eigenvalue weighted by Crippen LogP contribution is 2.37. The van der Waals surface area contributed by atoms with E-state index in [0.29, 0.717) is 5.57 Å². The molecule has 0 aromatic rings. The lowest BCUT2D eigenvalue weighted by Crippen LogP contribution is -2.45. The lowest BCUT2D eigenvalue weighted by Gasteiger charge is -2.38. The van der Waals surface area contributed by atoms with Crippen molar-refractivity contribution in [2.24, 2.45) is 0 Å². The van der Waals surface area contributed by atoms with E-state index in [-0.39, 0.29) is 16.9 Å². The Hall–Kier alpha value is -0.413. The average Bonchev–Trinajstić information content (AvgIpc) is 1.99. The SMILES string of the molecule is C=C(C)C(=O)[C@@H](C)O[Si](C)(C)C(C)(C)C. The van der Waals surface area contributed by atoms with Crippen molar-refractivity contribution in [1.82, 2.24) is 0 Å². The molecule has 88 valence electrons. The van der Waals surface area contributed by atoms with E-state index >= 15 is 0 Å². The van der Waals surface area contributed by atoms with Crippen LogP contribution < -0.4 is 0 Å². The summed E-state index contributed by atoms with van der Waals surface area (Å²) < 4.78 is 5.95. The van der Waals surface area contributed by atoms with Crippen LogP contribution in [-0.4, -0.2) is 20.2 Å². The van der Waals surface area contributed by atoms with Crippen LogP contribution in [-0.2, 0) is 9.22 Å². The molecular weight excluding hydrogens is 204 g/mol. The van der Waals surface area contributed by atoms with Crippen molar-refractivity contribution in [2.75, 3.05) is 0 Å². The molecule has 0 rings (SSSR count). The maximum atomic E-state index is 11.6. The molecule has 0 saturated heterocycles. The molecule has 1 atom stereocenters. The molecule has 3 heteroatoms. The maximum absolute atomic E-state index is 11.6. The summed E-state index contributed by atoms with van der Waals surface area (Å²) in [5.41, 5.74) is 0.571. The molecule has 0 spiro atoms. The Morgan fingerprint density at radius 1 is 1.33 bits per heavy atom. The topological polar surface area (TPSA) is 26.3 Å². The van der Waals surface area contributed by atoms with Crippen LogP contribution in [0.15, 0.2) is 12.2 Å². The Morgan fingerprint density at radius 2 is 1.73 bits per heavy atom. The monoisotopic (exact) mass is 228 g/mol. The van der Waals surface area contributed by atoms with E-state index in [0.717, 1.165) is 0 Å².